The Morgan fingerprint density at radius 3 is 0.768 bits per heavy atom. The van der Waals surface area contributed by atoms with Crippen molar-refractivity contribution in [3.8, 4) is 123 Å². The van der Waals surface area contributed by atoms with E-state index in [1.807, 2.05) is 103 Å². The number of rotatable bonds is 12. The summed E-state index contributed by atoms with van der Waals surface area (Å²) >= 11 is 0. The van der Waals surface area contributed by atoms with Crippen LogP contribution in [-0.2, 0) is 0 Å². The van der Waals surface area contributed by atoms with Crippen molar-refractivity contribution in [2.24, 2.45) is 0 Å². The zero-order chi connectivity index (χ0) is 77.1. The first-order valence-corrected chi connectivity index (χ1v) is 38.0. The molecular formula is C106H90N6. The van der Waals surface area contributed by atoms with E-state index in [0.29, 0.717) is 0 Å². The van der Waals surface area contributed by atoms with E-state index in [1.165, 1.54) is 122 Å². The highest BCUT2D eigenvalue weighted by Crippen LogP contribution is 2.32. The Bertz CT molecular complexity index is 5850. The second-order valence-corrected chi connectivity index (χ2v) is 27.7. The predicted molar refractivity (Wildman–Crippen MR) is 471 cm³/mol. The Kier molecular flexibility index (Phi) is 26.2. The number of hydrogen-bond acceptors (Lipinski definition) is 4. The standard InChI is InChI=1S/4C19H16.2C15H13N3/c1-15-14-18(16-8-4-2-5-9-16)12-13-19(15)17-10-6-3-7-11-17;1-15-6-5-9-19(14-15)18-12-10-17(11-13-18)16-7-3-2-4-8-16;1-15-10-12-17(13-11-15)19-9-5-8-18(14-19)16-6-3-2-4-7-16;1-15-7-9-17(10-8-15)19-13-11-18(12-14-19)16-5-3-2-4-6-16;1-12-6-5-7-13(10-12)15-11-18(17-16-15)14-8-3-2-4-9-14;1-12-7-9-13(10-8-12)15-11-18(17-16-15)14-5-3-2-4-6-14/h4*2-14H,1H3;2*2-11H,1H3. The second-order valence-electron chi connectivity index (χ2n) is 27.7. The molecule has 18 aromatic rings. The van der Waals surface area contributed by atoms with Crippen LogP contribution in [0.4, 0.5) is 0 Å². The van der Waals surface area contributed by atoms with Crippen LogP contribution in [0.15, 0.2) is 437 Å². The largest absolute Gasteiger partial charge is 0.220 e. The van der Waals surface area contributed by atoms with E-state index in [-0.39, 0.29) is 0 Å². The third-order valence-corrected chi connectivity index (χ3v) is 19.2. The van der Waals surface area contributed by atoms with Gasteiger partial charge in [0.15, 0.2) is 0 Å². The summed E-state index contributed by atoms with van der Waals surface area (Å²) in [5.74, 6) is 0. The van der Waals surface area contributed by atoms with Crippen LogP contribution in [-0.4, -0.2) is 30.0 Å². The van der Waals surface area contributed by atoms with Gasteiger partial charge >= 0.3 is 0 Å². The molecule has 0 spiro atoms. The normalized spacial score (nSPS) is 10.4. The first-order chi connectivity index (χ1) is 55.0. The summed E-state index contributed by atoms with van der Waals surface area (Å²) in [5.41, 5.74) is 34.0. The van der Waals surface area contributed by atoms with Crippen LogP contribution in [0, 0.1) is 41.5 Å². The summed E-state index contributed by atoms with van der Waals surface area (Å²) in [4.78, 5) is 0. The molecule has 0 aliphatic rings. The molecule has 0 aliphatic heterocycles. The topological polar surface area (TPSA) is 61.4 Å². The molecule has 6 heteroatoms. The second kappa shape index (κ2) is 38.6. The molecule has 0 N–H and O–H groups in total. The van der Waals surface area contributed by atoms with Gasteiger partial charge in [0.25, 0.3) is 0 Å². The molecule has 2 heterocycles. The van der Waals surface area contributed by atoms with Crippen LogP contribution in [0.3, 0.4) is 0 Å². The van der Waals surface area contributed by atoms with Gasteiger partial charge in [-0.15, -0.1) is 10.2 Å². The molecule has 0 bridgehead atoms. The van der Waals surface area contributed by atoms with E-state index >= 15 is 0 Å². The molecule has 0 unspecified atom stereocenters. The maximum absolute atomic E-state index is 4.22. The third kappa shape index (κ3) is 21.4. The Hall–Kier alpha value is -14.2. The van der Waals surface area contributed by atoms with E-state index in [0.717, 1.165) is 33.9 Å². The maximum atomic E-state index is 4.22. The molecule has 0 fully saturated rings. The quantitative estimate of drug-likeness (QED) is 0.122. The minimum absolute atomic E-state index is 0.888. The average molecular weight is 1450 g/mol. The smallest absolute Gasteiger partial charge is 0.113 e. The monoisotopic (exact) mass is 1450 g/mol. The molecule has 0 saturated carbocycles. The van der Waals surface area contributed by atoms with Gasteiger partial charge in [-0.05, 0) is 173 Å². The fourth-order valence-electron chi connectivity index (χ4n) is 12.9. The SMILES string of the molecule is Cc1cc(-c2ccccc2)ccc1-c1ccccc1.Cc1ccc(-c2ccc(-c3ccccc3)cc2)cc1.Cc1ccc(-c2cccc(-c3ccccc3)c2)cc1.Cc1ccc(-c2cn(-c3ccccc3)nn2)cc1.Cc1cccc(-c2ccc(-c3ccccc3)cc2)c1.Cc1cccc(-c2cn(-c3ccccc3)nn2)c1. The lowest BCUT2D eigenvalue weighted by Gasteiger charge is -2.09. The molecule has 0 atom stereocenters. The van der Waals surface area contributed by atoms with E-state index < -0.39 is 0 Å². The number of hydrogen-bond donors (Lipinski definition) is 0. The van der Waals surface area contributed by atoms with Crippen molar-refractivity contribution in [1.29, 1.82) is 0 Å². The lowest BCUT2D eigenvalue weighted by atomic mass is 9.96. The van der Waals surface area contributed by atoms with Crippen molar-refractivity contribution >= 4 is 0 Å². The van der Waals surface area contributed by atoms with Crippen molar-refractivity contribution in [3.63, 3.8) is 0 Å². The Morgan fingerprint density at radius 1 is 0.170 bits per heavy atom. The van der Waals surface area contributed by atoms with Crippen LogP contribution >= 0.6 is 0 Å². The first-order valence-electron chi connectivity index (χ1n) is 38.0. The minimum Gasteiger partial charge on any atom is -0.220 e. The molecule has 2 aromatic heterocycles. The van der Waals surface area contributed by atoms with Gasteiger partial charge in [0.05, 0.1) is 23.8 Å². The lowest BCUT2D eigenvalue weighted by Crippen LogP contribution is -1.93. The third-order valence-electron chi connectivity index (χ3n) is 19.2. The molecule has 18 rings (SSSR count). The van der Waals surface area contributed by atoms with E-state index in [1.54, 1.807) is 9.36 Å². The first kappa shape index (κ1) is 76.0. The predicted octanol–water partition coefficient (Wildman–Crippen LogP) is 27.8. The maximum Gasteiger partial charge on any atom is 0.113 e. The molecule has 0 amide bonds. The van der Waals surface area contributed by atoms with Gasteiger partial charge < -0.3 is 0 Å². The minimum atomic E-state index is 0.888. The van der Waals surface area contributed by atoms with E-state index in [4.69, 9.17) is 0 Å². The van der Waals surface area contributed by atoms with Crippen molar-refractivity contribution in [3.05, 3.63) is 470 Å². The molecule has 112 heavy (non-hydrogen) atoms. The van der Waals surface area contributed by atoms with E-state index in [9.17, 15) is 0 Å². The number of para-hydroxylation sites is 2. The van der Waals surface area contributed by atoms with Gasteiger partial charge in [-0.25, -0.2) is 9.36 Å². The van der Waals surface area contributed by atoms with Gasteiger partial charge in [-0.1, -0.05) is 426 Å². The van der Waals surface area contributed by atoms with Crippen molar-refractivity contribution < 1.29 is 0 Å². The van der Waals surface area contributed by atoms with Crippen molar-refractivity contribution in [2.45, 2.75) is 41.5 Å². The molecule has 0 saturated heterocycles. The van der Waals surface area contributed by atoms with Crippen LogP contribution in [0.5, 0.6) is 0 Å². The van der Waals surface area contributed by atoms with Gasteiger partial charge in [0.2, 0.25) is 0 Å². The molecule has 0 aliphatic carbocycles. The lowest BCUT2D eigenvalue weighted by molar-refractivity contribution is 0.804. The van der Waals surface area contributed by atoms with E-state index in [2.05, 4.69) is 396 Å². The fourth-order valence-corrected chi connectivity index (χ4v) is 12.9. The zero-order valence-corrected chi connectivity index (χ0v) is 64.3. The fraction of sp³-hybridized carbons (Fsp3) is 0.0566. The van der Waals surface area contributed by atoms with Crippen LogP contribution in [0.25, 0.3) is 123 Å². The molecule has 16 aromatic carbocycles. The zero-order valence-electron chi connectivity index (χ0n) is 64.3. The van der Waals surface area contributed by atoms with Crippen molar-refractivity contribution in [1.82, 2.24) is 30.0 Å². The van der Waals surface area contributed by atoms with Crippen LogP contribution < -0.4 is 0 Å². The van der Waals surface area contributed by atoms with Crippen LogP contribution in [0.2, 0.25) is 0 Å². The Balaban J connectivity index is 0.000000118. The summed E-state index contributed by atoms with van der Waals surface area (Å²) in [6, 6.07) is 148. The van der Waals surface area contributed by atoms with Crippen molar-refractivity contribution in [2.75, 3.05) is 0 Å². The summed E-state index contributed by atoms with van der Waals surface area (Å²) in [6.45, 7) is 12.7. The van der Waals surface area contributed by atoms with Gasteiger partial charge in [-0.3, -0.25) is 0 Å². The van der Waals surface area contributed by atoms with Crippen LogP contribution in [0.1, 0.15) is 33.4 Å². The number of benzene rings is 16. The highest BCUT2D eigenvalue weighted by atomic mass is 15.4. The summed E-state index contributed by atoms with van der Waals surface area (Å²) < 4.78 is 3.58. The summed E-state index contributed by atoms with van der Waals surface area (Å²) in [7, 11) is 0. The molecular weight excluding hydrogens is 1360 g/mol. The summed E-state index contributed by atoms with van der Waals surface area (Å²) in [6.07, 6.45) is 3.89. The Labute approximate surface area is 660 Å². The van der Waals surface area contributed by atoms with Gasteiger partial charge in [0, 0.05) is 11.1 Å². The highest BCUT2D eigenvalue weighted by molar-refractivity contribution is 5.76. The molecule has 544 valence electrons. The highest BCUT2D eigenvalue weighted by Gasteiger charge is 2.10. The van der Waals surface area contributed by atoms with Gasteiger partial charge in [-0.2, -0.15) is 0 Å². The molecule has 6 nitrogen and oxygen atoms in total. The number of aromatic nitrogens is 6. The number of aryl methyl sites for hydroxylation is 6. The summed E-state index contributed by atoms with van der Waals surface area (Å²) in [5, 5.41) is 16.7. The average Bonchev–Trinajstić information content (AvgIpc) is 1.07. The number of nitrogens with zero attached hydrogens (tertiary/aromatic N) is 6. The van der Waals surface area contributed by atoms with Gasteiger partial charge in [0.1, 0.15) is 11.4 Å². The molecule has 0 radical (unpaired) electrons. The Morgan fingerprint density at radius 2 is 0.411 bits per heavy atom.